The highest BCUT2D eigenvalue weighted by Crippen LogP contribution is 2.27. The molecule has 0 spiro atoms. The summed E-state index contributed by atoms with van der Waals surface area (Å²) in [5.41, 5.74) is 5.53. The minimum atomic E-state index is -0.259. The summed E-state index contributed by atoms with van der Waals surface area (Å²) in [5.74, 6) is 0.255. The zero-order chi connectivity index (χ0) is 19.0. The van der Waals surface area contributed by atoms with Crippen molar-refractivity contribution in [1.29, 1.82) is 0 Å². The molecule has 0 radical (unpaired) electrons. The van der Waals surface area contributed by atoms with E-state index in [4.69, 9.17) is 16.0 Å². The number of halogens is 1. The smallest absolute Gasteiger partial charge is 0.257 e. The third-order valence-corrected chi connectivity index (χ3v) is 4.59. The molecule has 0 saturated heterocycles. The van der Waals surface area contributed by atoms with Gasteiger partial charge in [0, 0.05) is 11.3 Å². The minimum absolute atomic E-state index is 0.259. The van der Waals surface area contributed by atoms with Gasteiger partial charge in [-0.15, -0.1) is 0 Å². The van der Waals surface area contributed by atoms with Crippen LogP contribution >= 0.6 is 11.6 Å². The number of hydrogen-bond acceptors (Lipinski definition) is 3. The minimum Gasteiger partial charge on any atom is -0.436 e. The Kier molecular flexibility index (Phi) is 4.42. The van der Waals surface area contributed by atoms with Gasteiger partial charge in [-0.2, -0.15) is 0 Å². The second-order valence-corrected chi connectivity index (χ2v) is 6.92. The number of amides is 1. The molecule has 0 aliphatic rings. The van der Waals surface area contributed by atoms with Crippen LogP contribution in [0.15, 0.2) is 65.1 Å². The normalized spacial score (nSPS) is 10.9. The van der Waals surface area contributed by atoms with E-state index in [1.165, 1.54) is 0 Å². The van der Waals surface area contributed by atoms with Crippen LogP contribution in [0.5, 0.6) is 0 Å². The van der Waals surface area contributed by atoms with Gasteiger partial charge in [0.2, 0.25) is 5.89 Å². The van der Waals surface area contributed by atoms with Crippen molar-refractivity contribution in [3.05, 3.63) is 82.4 Å². The molecule has 4 nitrogen and oxygen atoms in total. The number of fused-ring (bicyclic) bond motifs is 1. The molecule has 0 saturated carbocycles. The van der Waals surface area contributed by atoms with Gasteiger partial charge in [0.1, 0.15) is 5.52 Å². The molecule has 0 aliphatic carbocycles. The molecule has 27 heavy (non-hydrogen) atoms. The number of carbonyl (C=O) groups excluding carboxylic acids is 1. The number of rotatable bonds is 3. The number of aromatic nitrogens is 1. The number of carbonyl (C=O) groups is 1. The maximum Gasteiger partial charge on any atom is 0.257 e. The molecule has 0 fully saturated rings. The van der Waals surface area contributed by atoms with Gasteiger partial charge < -0.3 is 9.73 Å². The van der Waals surface area contributed by atoms with Gasteiger partial charge in [-0.1, -0.05) is 29.8 Å². The van der Waals surface area contributed by atoms with Crippen LogP contribution in [-0.2, 0) is 0 Å². The first-order chi connectivity index (χ1) is 13.0. The Labute approximate surface area is 161 Å². The zero-order valence-electron chi connectivity index (χ0n) is 14.9. The molecular formula is C22H17ClN2O2. The highest BCUT2D eigenvalue weighted by molar-refractivity contribution is 6.34. The van der Waals surface area contributed by atoms with E-state index in [-0.39, 0.29) is 5.91 Å². The van der Waals surface area contributed by atoms with E-state index in [9.17, 15) is 4.79 Å². The zero-order valence-corrected chi connectivity index (χ0v) is 15.7. The van der Waals surface area contributed by atoms with Gasteiger partial charge in [-0.05, 0) is 67.4 Å². The van der Waals surface area contributed by atoms with Gasteiger partial charge in [0.05, 0.1) is 10.6 Å². The summed E-state index contributed by atoms with van der Waals surface area (Å²) in [7, 11) is 0. The lowest BCUT2D eigenvalue weighted by molar-refractivity contribution is 0.102. The van der Waals surface area contributed by atoms with Gasteiger partial charge in [-0.25, -0.2) is 4.98 Å². The van der Waals surface area contributed by atoms with E-state index in [1.54, 1.807) is 12.1 Å². The summed E-state index contributed by atoms with van der Waals surface area (Å²) in [6.07, 6.45) is 0. The van der Waals surface area contributed by atoms with E-state index >= 15 is 0 Å². The van der Waals surface area contributed by atoms with Crippen LogP contribution in [0.25, 0.3) is 22.6 Å². The van der Waals surface area contributed by atoms with Crippen molar-refractivity contribution in [2.45, 2.75) is 13.8 Å². The number of anilines is 1. The maximum atomic E-state index is 12.5. The van der Waals surface area contributed by atoms with E-state index < -0.39 is 0 Å². The molecule has 4 aromatic rings. The molecule has 1 aromatic heterocycles. The van der Waals surface area contributed by atoms with Crippen molar-refractivity contribution < 1.29 is 9.21 Å². The Bertz CT molecular complexity index is 1160. The average Bonchev–Trinajstić information content (AvgIpc) is 3.05. The molecule has 5 heteroatoms. The molecule has 1 amide bonds. The number of nitrogens with zero attached hydrogens (tertiary/aromatic N) is 1. The van der Waals surface area contributed by atoms with Crippen molar-refractivity contribution in [1.82, 2.24) is 4.98 Å². The van der Waals surface area contributed by atoms with Crippen molar-refractivity contribution >= 4 is 34.3 Å². The predicted molar refractivity (Wildman–Crippen MR) is 108 cm³/mol. The maximum absolute atomic E-state index is 12.5. The summed E-state index contributed by atoms with van der Waals surface area (Å²) in [6.45, 7) is 3.94. The lowest BCUT2D eigenvalue weighted by Gasteiger charge is -2.08. The Balaban J connectivity index is 1.62. The largest absolute Gasteiger partial charge is 0.436 e. The van der Waals surface area contributed by atoms with Crippen LogP contribution in [-0.4, -0.2) is 10.9 Å². The first kappa shape index (κ1) is 17.3. The molecule has 3 aromatic carbocycles. The summed E-state index contributed by atoms with van der Waals surface area (Å²) in [4.78, 5) is 17.1. The second-order valence-electron chi connectivity index (χ2n) is 6.51. The third kappa shape index (κ3) is 3.57. The van der Waals surface area contributed by atoms with E-state index in [2.05, 4.69) is 10.3 Å². The first-order valence-corrected chi connectivity index (χ1v) is 8.92. The van der Waals surface area contributed by atoms with Crippen molar-refractivity contribution in [2.75, 3.05) is 5.32 Å². The summed E-state index contributed by atoms with van der Waals surface area (Å²) >= 11 is 6.19. The van der Waals surface area contributed by atoms with Crippen LogP contribution < -0.4 is 5.32 Å². The molecule has 0 atom stereocenters. The topological polar surface area (TPSA) is 55.1 Å². The molecule has 0 bridgehead atoms. The van der Waals surface area contributed by atoms with Gasteiger partial charge in [-0.3, -0.25) is 4.79 Å². The van der Waals surface area contributed by atoms with E-state index in [1.807, 2.05) is 62.4 Å². The highest BCUT2D eigenvalue weighted by Gasteiger charge is 2.13. The van der Waals surface area contributed by atoms with Crippen LogP contribution in [0.4, 0.5) is 5.69 Å². The number of hydrogen-bond donors (Lipinski definition) is 1. The molecule has 134 valence electrons. The van der Waals surface area contributed by atoms with Crippen LogP contribution in [0, 0.1) is 13.8 Å². The third-order valence-electron chi connectivity index (χ3n) is 4.28. The lowest BCUT2D eigenvalue weighted by atomic mass is 10.1. The molecule has 0 aliphatic heterocycles. The second kappa shape index (κ2) is 6.89. The lowest BCUT2D eigenvalue weighted by Crippen LogP contribution is -2.12. The summed E-state index contributed by atoms with van der Waals surface area (Å²) in [6, 6.07) is 18.6. The van der Waals surface area contributed by atoms with Crippen molar-refractivity contribution in [3.8, 4) is 11.5 Å². The Morgan fingerprint density at radius 3 is 2.59 bits per heavy atom. The Hall–Kier alpha value is -3.11. The molecule has 1 heterocycles. The Morgan fingerprint density at radius 1 is 1.00 bits per heavy atom. The standard InChI is InChI=1S/C22H17ClN2O2/c1-13-6-8-17(18(23)10-13)21(26)24-16-5-3-4-15(12-16)22-25-19-9-7-14(2)11-20(19)27-22/h3-12H,1-2H3,(H,24,26). The molecule has 1 N–H and O–H groups in total. The fraction of sp³-hybridized carbons (Fsp3) is 0.0909. The van der Waals surface area contributed by atoms with Gasteiger partial charge in [0.25, 0.3) is 5.91 Å². The predicted octanol–water partition coefficient (Wildman–Crippen LogP) is 6.02. The van der Waals surface area contributed by atoms with Crippen LogP contribution in [0.3, 0.4) is 0 Å². The number of oxazole rings is 1. The fourth-order valence-electron chi connectivity index (χ4n) is 2.89. The molecule has 4 rings (SSSR count). The van der Waals surface area contributed by atoms with Gasteiger partial charge in [0.15, 0.2) is 5.58 Å². The van der Waals surface area contributed by atoms with Gasteiger partial charge >= 0.3 is 0 Å². The first-order valence-electron chi connectivity index (χ1n) is 8.55. The molecular weight excluding hydrogens is 360 g/mol. The summed E-state index contributed by atoms with van der Waals surface area (Å²) < 4.78 is 5.87. The number of aryl methyl sites for hydroxylation is 2. The van der Waals surface area contributed by atoms with Crippen molar-refractivity contribution in [2.24, 2.45) is 0 Å². The van der Waals surface area contributed by atoms with E-state index in [0.717, 1.165) is 27.8 Å². The molecule has 0 unspecified atom stereocenters. The summed E-state index contributed by atoms with van der Waals surface area (Å²) in [5, 5.41) is 3.31. The van der Waals surface area contributed by atoms with E-state index in [0.29, 0.717) is 22.2 Å². The number of nitrogens with one attached hydrogen (secondary N) is 1. The fourth-order valence-corrected chi connectivity index (χ4v) is 3.21. The van der Waals surface area contributed by atoms with Crippen LogP contribution in [0.2, 0.25) is 5.02 Å². The van der Waals surface area contributed by atoms with Crippen LogP contribution in [0.1, 0.15) is 21.5 Å². The SMILES string of the molecule is Cc1ccc(C(=O)Nc2cccc(-c3nc4ccc(C)cc4o3)c2)c(Cl)c1. The quantitative estimate of drug-likeness (QED) is 0.475. The highest BCUT2D eigenvalue weighted by atomic mass is 35.5. The monoisotopic (exact) mass is 376 g/mol. The average molecular weight is 377 g/mol. The van der Waals surface area contributed by atoms with Crippen molar-refractivity contribution in [3.63, 3.8) is 0 Å². The number of benzene rings is 3. The Morgan fingerprint density at radius 2 is 1.78 bits per heavy atom.